The van der Waals surface area contributed by atoms with E-state index in [0.29, 0.717) is 5.02 Å². The molecule has 114 valence electrons. The lowest BCUT2D eigenvalue weighted by Gasteiger charge is -2.19. The van der Waals surface area contributed by atoms with E-state index in [2.05, 4.69) is 17.5 Å². The van der Waals surface area contributed by atoms with Gasteiger partial charge in [-0.15, -0.1) is 0 Å². The van der Waals surface area contributed by atoms with Crippen molar-refractivity contribution in [2.75, 3.05) is 12.0 Å². The van der Waals surface area contributed by atoms with Crippen LogP contribution in [0.4, 0.5) is 5.69 Å². The lowest BCUT2D eigenvalue weighted by molar-refractivity contribution is -0.140. The van der Waals surface area contributed by atoms with E-state index >= 15 is 0 Å². The molecule has 1 aliphatic heterocycles. The number of allylic oxidation sites excluding steroid dienone is 2. The molecule has 0 radical (unpaired) electrons. The Morgan fingerprint density at radius 1 is 1.18 bits per heavy atom. The summed E-state index contributed by atoms with van der Waals surface area (Å²) in [5.74, 6) is 0.182. The molecule has 4 atom stereocenters. The molecule has 0 unspecified atom stereocenters. The van der Waals surface area contributed by atoms with Gasteiger partial charge in [0.15, 0.2) is 0 Å². The Balaban J connectivity index is 1.51. The summed E-state index contributed by atoms with van der Waals surface area (Å²) in [6, 6.07) is 5.55. The number of likely N-dealkylation sites (tertiary alicyclic amines) is 1. The third-order valence-corrected chi connectivity index (χ3v) is 5.42. The fraction of sp³-hybridized carbons (Fsp3) is 0.412. The number of aryl methyl sites for hydroxylation is 1. The van der Waals surface area contributed by atoms with Gasteiger partial charge in [-0.1, -0.05) is 29.8 Å². The summed E-state index contributed by atoms with van der Waals surface area (Å²) >= 11 is 6.00. The predicted octanol–water partition coefficient (Wildman–Crippen LogP) is 2.82. The molecule has 5 heteroatoms. The average molecular weight is 317 g/mol. The van der Waals surface area contributed by atoms with E-state index in [-0.39, 0.29) is 42.2 Å². The first kappa shape index (κ1) is 13.8. The van der Waals surface area contributed by atoms with Crippen LogP contribution in [-0.4, -0.2) is 23.4 Å². The van der Waals surface area contributed by atoms with Gasteiger partial charge in [0.1, 0.15) is 0 Å². The number of rotatable bonds is 3. The second kappa shape index (κ2) is 4.85. The molecule has 0 spiro atoms. The molecule has 1 N–H and O–H groups in total. The molecular weight excluding hydrogens is 300 g/mol. The monoisotopic (exact) mass is 316 g/mol. The number of benzene rings is 1. The van der Waals surface area contributed by atoms with E-state index in [1.807, 2.05) is 25.1 Å². The number of nitrogens with one attached hydrogen (secondary N) is 1. The summed E-state index contributed by atoms with van der Waals surface area (Å²) in [5.41, 5.74) is 1.89. The highest BCUT2D eigenvalue weighted by atomic mass is 35.5. The van der Waals surface area contributed by atoms with Gasteiger partial charge in [-0.25, -0.2) is 0 Å². The summed E-state index contributed by atoms with van der Waals surface area (Å²) in [5, 5.41) is 3.81. The molecule has 1 saturated heterocycles. The Hall–Kier alpha value is -1.81. The van der Waals surface area contributed by atoms with E-state index in [1.165, 1.54) is 4.90 Å². The lowest BCUT2D eigenvalue weighted by atomic mass is 9.85. The molecule has 4 rings (SSSR count). The lowest BCUT2D eigenvalue weighted by Crippen LogP contribution is -2.37. The van der Waals surface area contributed by atoms with Gasteiger partial charge in [-0.3, -0.25) is 14.5 Å². The zero-order valence-corrected chi connectivity index (χ0v) is 13.0. The van der Waals surface area contributed by atoms with Gasteiger partial charge < -0.3 is 5.32 Å². The maximum atomic E-state index is 12.6. The van der Waals surface area contributed by atoms with E-state index in [1.54, 1.807) is 0 Å². The molecule has 1 heterocycles. The number of nitrogens with zero attached hydrogens (tertiary/aromatic N) is 1. The third kappa shape index (κ3) is 1.90. The normalized spacial score (nSPS) is 32.0. The third-order valence-electron chi connectivity index (χ3n) is 5.19. The zero-order chi connectivity index (χ0) is 15.4. The molecule has 3 aliphatic rings. The molecule has 1 aromatic rings. The SMILES string of the molecule is Cc1ccc(Cl)cc1NCN1C(=O)[C@H]2[C@H](C1=O)[C@H]1C=C[C@H]2C1. The van der Waals surface area contributed by atoms with Crippen molar-refractivity contribution in [3.05, 3.63) is 40.9 Å². The maximum Gasteiger partial charge on any atom is 0.235 e. The maximum absolute atomic E-state index is 12.6. The minimum atomic E-state index is -0.134. The summed E-state index contributed by atoms with van der Waals surface area (Å²) in [6.45, 7) is 2.18. The number of carbonyl (C=O) groups is 2. The van der Waals surface area contributed by atoms with E-state index in [0.717, 1.165) is 17.7 Å². The molecule has 1 saturated carbocycles. The Labute approximate surface area is 134 Å². The molecule has 22 heavy (non-hydrogen) atoms. The molecule has 2 amide bonds. The van der Waals surface area contributed by atoms with E-state index in [4.69, 9.17) is 11.6 Å². The van der Waals surface area contributed by atoms with Gasteiger partial charge in [-0.2, -0.15) is 0 Å². The van der Waals surface area contributed by atoms with Crippen LogP contribution in [0, 0.1) is 30.6 Å². The van der Waals surface area contributed by atoms with Gasteiger partial charge in [0.25, 0.3) is 0 Å². The van der Waals surface area contributed by atoms with Crippen LogP contribution in [0.15, 0.2) is 30.4 Å². The molecule has 2 bridgehead atoms. The van der Waals surface area contributed by atoms with Crippen LogP contribution < -0.4 is 5.32 Å². The Kier molecular flexibility index (Phi) is 3.05. The number of carbonyl (C=O) groups excluding carboxylic acids is 2. The number of fused-ring (bicyclic) bond motifs is 5. The minimum absolute atomic E-state index is 0.0287. The highest BCUT2D eigenvalue weighted by Gasteiger charge is 2.59. The second-order valence-corrected chi connectivity index (χ2v) is 6.83. The number of hydrogen-bond acceptors (Lipinski definition) is 3. The van der Waals surface area contributed by atoms with Crippen LogP contribution in [0.2, 0.25) is 5.02 Å². The summed E-state index contributed by atoms with van der Waals surface area (Å²) in [7, 11) is 0. The average Bonchev–Trinajstić information content (AvgIpc) is 3.16. The Morgan fingerprint density at radius 2 is 1.82 bits per heavy atom. The van der Waals surface area contributed by atoms with Crippen LogP contribution >= 0.6 is 11.6 Å². The van der Waals surface area contributed by atoms with Crippen molar-refractivity contribution in [2.24, 2.45) is 23.7 Å². The molecular formula is C17H17ClN2O2. The second-order valence-electron chi connectivity index (χ2n) is 6.40. The van der Waals surface area contributed by atoms with Crippen LogP contribution in [0.1, 0.15) is 12.0 Å². The summed E-state index contributed by atoms with van der Waals surface area (Å²) in [4.78, 5) is 26.5. The van der Waals surface area contributed by atoms with Crippen molar-refractivity contribution < 1.29 is 9.59 Å². The first-order valence-electron chi connectivity index (χ1n) is 7.60. The van der Waals surface area contributed by atoms with Crippen molar-refractivity contribution in [3.8, 4) is 0 Å². The zero-order valence-electron chi connectivity index (χ0n) is 12.3. The highest BCUT2D eigenvalue weighted by molar-refractivity contribution is 6.30. The molecule has 1 aromatic carbocycles. The van der Waals surface area contributed by atoms with Crippen LogP contribution in [0.25, 0.3) is 0 Å². The summed E-state index contributed by atoms with van der Waals surface area (Å²) in [6.07, 6.45) is 5.17. The van der Waals surface area contributed by atoms with Crippen LogP contribution in [0.5, 0.6) is 0 Å². The minimum Gasteiger partial charge on any atom is -0.367 e. The number of imide groups is 1. The molecule has 2 fully saturated rings. The predicted molar refractivity (Wildman–Crippen MR) is 84.2 cm³/mol. The van der Waals surface area contributed by atoms with Gasteiger partial charge in [-0.05, 0) is 42.9 Å². The van der Waals surface area contributed by atoms with E-state index < -0.39 is 0 Å². The van der Waals surface area contributed by atoms with Gasteiger partial charge >= 0.3 is 0 Å². The fourth-order valence-electron chi connectivity index (χ4n) is 4.07. The first-order valence-corrected chi connectivity index (χ1v) is 7.97. The van der Waals surface area contributed by atoms with Gasteiger partial charge in [0.2, 0.25) is 11.8 Å². The highest BCUT2D eigenvalue weighted by Crippen LogP contribution is 2.52. The fourth-order valence-corrected chi connectivity index (χ4v) is 4.24. The topological polar surface area (TPSA) is 49.4 Å². The molecule has 0 aromatic heterocycles. The number of amides is 2. The smallest absolute Gasteiger partial charge is 0.235 e. The van der Waals surface area contributed by atoms with Crippen LogP contribution in [-0.2, 0) is 9.59 Å². The Morgan fingerprint density at radius 3 is 2.45 bits per heavy atom. The number of halogens is 1. The van der Waals surface area contributed by atoms with Crippen molar-refractivity contribution in [3.63, 3.8) is 0 Å². The van der Waals surface area contributed by atoms with E-state index in [9.17, 15) is 9.59 Å². The molecule has 4 nitrogen and oxygen atoms in total. The standard InChI is InChI=1S/C17H17ClN2O2/c1-9-2-5-12(18)7-13(9)19-8-20-16(21)14-10-3-4-11(6-10)15(14)17(20)22/h2-5,7,10-11,14-15,19H,6,8H2,1H3/t10-,11-,14+,15+/m0/s1. The summed E-state index contributed by atoms with van der Waals surface area (Å²) < 4.78 is 0. The quantitative estimate of drug-likeness (QED) is 0.689. The van der Waals surface area contributed by atoms with Crippen molar-refractivity contribution in [1.29, 1.82) is 0 Å². The number of hydrogen-bond donors (Lipinski definition) is 1. The Bertz CT molecular complexity index is 670. The van der Waals surface area contributed by atoms with Crippen molar-refractivity contribution in [1.82, 2.24) is 4.90 Å². The first-order chi connectivity index (χ1) is 10.6. The number of anilines is 1. The van der Waals surface area contributed by atoms with Crippen molar-refractivity contribution >= 4 is 29.1 Å². The van der Waals surface area contributed by atoms with Crippen molar-refractivity contribution in [2.45, 2.75) is 13.3 Å². The largest absolute Gasteiger partial charge is 0.367 e. The van der Waals surface area contributed by atoms with Crippen LogP contribution in [0.3, 0.4) is 0 Å². The van der Waals surface area contributed by atoms with Gasteiger partial charge in [0.05, 0.1) is 18.5 Å². The molecule has 2 aliphatic carbocycles. The van der Waals surface area contributed by atoms with Gasteiger partial charge in [0, 0.05) is 10.7 Å².